The number of likely N-dealkylation sites (tertiary alicyclic amines) is 1. The van der Waals surface area contributed by atoms with E-state index in [1.165, 1.54) is 0 Å². The molecule has 0 saturated carbocycles. The van der Waals surface area contributed by atoms with Crippen LogP contribution in [-0.2, 0) is 0 Å². The Hall–Kier alpha value is -3.35. The van der Waals surface area contributed by atoms with Gasteiger partial charge in [0.25, 0.3) is 5.91 Å². The number of carbonyl (C=O) groups is 1. The number of anilines is 1. The fourth-order valence-electron chi connectivity index (χ4n) is 4.16. The number of hydrogen-bond donors (Lipinski definition) is 0. The molecule has 4 rings (SSSR count). The SMILES string of the molecule is COc1ccc(C(=O)N2CC(C)C(CN(C)c3cnc4ccccc4n3)C2)c(OC)c1. The van der Waals surface area contributed by atoms with E-state index >= 15 is 0 Å². The topological polar surface area (TPSA) is 67.8 Å². The van der Waals surface area contributed by atoms with Crippen molar-refractivity contribution in [3.8, 4) is 11.5 Å². The number of carbonyl (C=O) groups excluding carboxylic acids is 1. The molecule has 0 radical (unpaired) electrons. The molecule has 1 fully saturated rings. The van der Waals surface area contributed by atoms with E-state index in [0.29, 0.717) is 35.4 Å². The number of methoxy groups -OCH3 is 2. The Morgan fingerprint density at radius 1 is 1.13 bits per heavy atom. The van der Waals surface area contributed by atoms with Crippen molar-refractivity contribution in [3.05, 3.63) is 54.2 Å². The van der Waals surface area contributed by atoms with Crippen molar-refractivity contribution in [3.63, 3.8) is 0 Å². The van der Waals surface area contributed by atoms with E-state index in [1.807, 2.05) is 42.4 Å². The molecule has 1 aliphatic rings. The predicted molar refractivity (Wildman–Crippen MR) is 121 cm³/mol. The number of aromatic nitrogens is 2. The van der Waals surface area contributed by atoms with Gasteiger partial charge in [-0.15, -0.1) is 0 Å². The van der Waals surface area contributed by atoms with Gasteiger partial charge in [0.1, 0.15) is 17.3 Å². The Morgan fingerprint density at radius 2 is 1.90 bits per heavy atom. The molecule has 1 aromatic heterocycles. The number of para-hydroxylation sites is 2. The predicted octanol–water partition coefficient (Wildman–Crippen LogP) is 3.49. The normalized spacial score (nSPS) is 18.3. The van der Waals surface area contributed by atoms with Gasteiger partial charge in [0, 0.05) is 32.7 Å². The van der Waals surface area contributed by atoms with E-state index in [4.69, 9.17) is 14.5 Å². The Morgan fingerprint density at radius 3 is 2.65 bits per heavy atom. The number of fused-ring (bicyclic) bond motifs is 1. The van der Waals surface area contributed by atoms with Crippen molar-refractivity contribution >= 4 is 22.8 Å². The van der Waals surface area contributed by atoms with Gasteiger partial charge in [-0.25, -0.2) is 4.98 Å². The highest BCUT2D eigenvalue weighted by Crippen LogP contribution is 2.30. The van der Waals surface area contributed by atoms with E-state index < -0.39 is 0 Å². The van der Waals surface area contributed by atoms with Crippen LogP contribution in [-0.4, -0.2) is 61.7 Å². The molecule has 2 unspecified atom stereocenters. The first-order valence-corrected chi connectivity index (χ1v) is 10.4. The molecular weight excluding hydrogens is 392 g/mol. The van der Waals surface area contributed by atoms with E-state index in [1.54, 1.807) is 32.4 Å². The van der Waals surface area contributed by atoms with Crippen molar-refractivity contribution in [1.82, 2.24) is 14.9 Å². The molecule has 0 N–H and O–H groups in total. The Balaban J connectivity index is 1.46. The van der Waals surface area contributed by atoms with Crippen LogP contribution >= 0.6 is 0 Å². The summed E-state index contributed by atoms with van der Waals surface area (Å²) in [6, 6.07) is 13.2. The first kappa shape index (κ1) is 20.9. The average Bonchev–Trinajstić information content (AvgIpc) is 3.17. The second-order valence-electron chi connectivity index (χ2n) is 8.11. The quantitative estimate of drug-likeness (QED) is 0.608. The Kier molecular flexibility index (Phi) is 5.93. The largest absolute Gasteiger partial charge is 0.497 e. The number of benzene rings is 2. The van der Waals surface area contributed by atoms with Crippen LogP contribution in [0.2, 0.25) is 0 Å². The lowest BCUT2D eigenvalue weighted by Gasteiger charge is -2.24. The smallest absolute Gasteiger partial charge is 0.257 e. The zero-order chi connectivity index (χ0) is 22.0. The summed E-state index contributed by atoms with van der Waals surface area (Å²) in [6.07, 6.45) is 1.81. The van der Waals surface area contributed by atoms with E-state index in [2.05, 4.69) is 16.8 Å². The van der Waals surface area contributed by atoms with Gasteiger partial charge in [-0.3, -0.25) is 9.78 Å². The molecule has 162 valence electrons. The van der Waals surface area contributed by atoms with Crippen LogP contribution < -0.4 is 14.4 Å². The summed E-state index contributed by atoms with van der Waals surface area (Å²) in [5, 5.41) is 0. The minimum absolute atomic E-state index is 0.0120. The summed E-state index contributed by atoms with van der Waals surface area (Å²) in [7, 11) is 5.20. The van der Waals surface area contributed by atoms with Crippen LogP contribution in [0.3, 0.4) is 0 Å². The molecule has 2 aromatic carbocycles. The summed E-state index contributed by atoms with van der Waals surface area (Å²) < 4.78 is 10.7. The van der Waals surface area contributed by atoms with Gasteiger partial charge in [0.15, 0.2) is 0 Å². The molecule has 7 nitrogen and oxygen atoms in total. The molecule has 3 aromatic rings. The van der Waals surface area contributed by atoms with Crippen LogP contribution in [0.25, 0.3) is 11.0 Å². The molecule has 2 heterocycles. The van der Waals surface area contributed by atoms with Crippen molar-refractivity contribution in [2.24, 2.45) is 11.8 Å². The number of amides is 1. The van der Waals surface area contributed by atoms with Gasteiger partial charge < -0.3 is 19.3 Å². The van der Waals surface area contributed by atoms with E-state index in [0.717, 1.165) is 29.9 Å². The van der Waals surface area contributed by atoms with Crippen molar-refractivity contribution in [2.45, 2.75) is 6.92 Å². The minimum Gasteiger partial charge on any atom is -0.497 e. The third-order valence-electron chi connectivity index (χ3n) is 6.03. The van der Waals surface area contributed by atoms with Crippen molar-refractivity contribution in [1.29, 1.82) is 0 Å². The maximum absolute atomic E-state index is 13.2. The Bertz CT molecular complexity index is 1090. The minimum atomic E-state index is -0.0120. The summed E-state index contributed by atoms with van der Waals surface area (Å²) in [4.78, 5) is 26.5. The summed E-state index contributed by atoms with van der Waals surface area (Å²) in [5.41, 5.74) is 2.33. The summed E-state index contributed by atoms with van der Waals surface area (Å²) >= 11 is 0. The Labute approximate surface area is 182 Å². The van der Waals surface area contributed by atoms with Crippen LogP contribution in [0, 0.1) is 11.8 Å². The van der Waals surface area contributed by atoms with Gasteiger partial charge >= 0.3 is 0 Å². The number of hydrogen-bond acceptors (Lipinski definition) is 6. The van der Waals surface area contributed by atoms with E-state index in [-0.39, 0.29) is 5.91 Å². The zero-order valence-corrected chi connectivity index (χ0v) is 18.4. The molecule has 2 atom stereocenters. The number of nitrogens with zero attached hydrogens (tertiary/aromatic N) is 4. The van der Waals surface area contributed by atoms with Crippen molar-refractivity contribution in [2.75, 3.05) is 45.8 Å². The second-order valence-corrected chi connectivity index (χ2v) is 8.11. The standard InChI is InChI=1S/C24H28N4O3/c1-16-13-28(24(29)19-10-9-18(30-3)11-22(19)31-4)15-17(16)14-27(2)23-12-25-20-7-5-6-8-21(20)26-23/h5-12,16-17H,13-15H2,1-4H3. The third kappa shape index (κ3) is 4.26. The number of rotatable bonds is 6. The molecule has 31 heavy (non-hydrogen) atoms. The molecule has 1 aliphatic heterocycles. The van der Waals surface area contributed by atoms with Gasteiger partial charge in [0.2, 0.25) is 0 Å². The number of ether oxygens (including phenoxy) is 2. The van der Waals surface area contributed by atoms with Crippen LogP contribution in [0.15, 0.2) is 48.7 Å². The average molecular weight is 421 g/mol. The lowest BCUT2D eigenvalue weighted by atomic mass is 9.98. The fraction of sp³-hybridized carbons (Fsp3) is 0.375. The molecule has 7 heteroatoms. The molecule has 0 bridgehead atoms. The first-order valence-electron chi connectivity index (χ1n) is 10.4. The molecule has 0 aliphatic carbocycles. The van der Waals surface area contributed by atoms with Gasteiger partial charge in [-0.05, 0) is 36.1 Å². The molecule has 1 amide bonds. The fourth-order valence-corrected chi connectivity index (χ4v) is 4.16. The summed E-state index contributed by atoms with van der Waals surface area (Å²) in [6.45, 7) is 4.41. The van der Waals surface area contributed by atoms with Crippen LogP contribution in [0.4, 0.5) is 5.82 Å². The lowest BCUT2D eigenvalue weighted by Crippen LogP contribution is -2.32. The van der Waals surface area contributed by atoms with Gasteiger partial charge in [-0.1, -0.05) is 19.1 Å². The summed E-state index contributed by atoms with van der Waals surface area (Å²) in [5.74, 6) is 2.74. The van der Waals surface area contributed by atoms with Gasteiger partial charge in [0.05, 0.1) is 37.0 Å². The third-order valence-corrected chi connectivity index (χ3v) is 6.03. The zero-order valence-electron chi connectivity index (χ0n) is 18.4. The van der Waals surface area contributed by atoms with Crippen LogP contribution in [0.5, 0.6) is 11.5 Å². The van der Waals surface area contributed by atoms with E-state index in [9.17, 15) is 4.79 Å². The highest BCUT2D eigenvalue weighted by molar-refractivity contribution is 5.97. The highest BCUT2D eigenvalue weighted by Gasteiger charge is 2.34. The van der Waals surface area contributed by atoms with Gasteiger partial charge in [-0.2, -0.15) is 0 Å². The van der Waals surface area contributed by atoms with Crippen molar-refractivity contribution < 1.29 is 14.3 Å². The highest BCUT2D eigenvalue weighted by atomic mass is 16.5. The van der Waals surface area contributed by atoms with Crippen LogP contribution in [0.1, 0.15) is 17.3 Å². The molecule has 0 spiro atoms. The molecule has 1 saturated heterocycles. The maximum atomic E-state index is 13.2. The monoisotopic (exact) mass is 420 g/mol. The second kappa shape index (κ2) is 8.79. The molecular formula is C24H28N4O3. The maximum Gasteiger partial charge on any atom is 0.257 e. The lowest BCUT2D eigenvalue weighted by molar-refractivity contribution is 0.0781. The first-order chi connectivity index (χ1) is 15.0.